The van der Waals surface area contributed by atoms with Crippen LogP contribution in [0.5, 0.6) is 0 Å². The van der Waals surface area contributed by atoms with E-state index in [-0.39, 0.29) is 12.1 Å². The zero-order chi connectivity index (χ0) is 16.3. The average molecular weight is 312 g/mol. The molecular weight excluding hydrogens is 300 g/mol. The molecule has 0 unspecified atom stereocenters. The van der Waals surface area contributed by atoms with Crippen molar-refractivity contribution in [3.8, 4) is 0 Å². The van der Waals surface area contributed by atoms with E-state index in [4.69, 9.17) is 0 Å². The van der Waals surface area contributed by atoms with Crippen molar-refractivity contribution in [1.29, 1.82) is 0 Å². The number of carbonyl (C=O) groups excluding carboxylic acids is 1. The molecule has 0 bridgehead atoms. The number of carbonyl (C=O) groups is 1. The molecule has 3 nitrogen and oxygen atoms in total. The third-order valence-corrected chi connectivity index (χ3v) is 3.01. The van der Waals surface area contributed by atoms with Gasteiger partial charge in [0.2, 0.25) is 0 Å². The normalized spacial score (nSPS) is 11.3. The fraction of sp³-hybridized carbons (Fsp3) is 0.200. The van der Waals surface area contributed by atoms with Crippen LogP contribution in [0.1, 0.15) is 22.8 Å². The molecule has 0 spiro atoms. The summed E-state index contributed by atoms with van der Waals surface area (Å²) in [5.41, 5.74) is -1.08. The van der Waals surface area contributed by atoms with Crippen LogP contribution in [0.25, 0.3) is 0 Å². The molecule has 1 heterocycles. The fourth-order valence-corrected chi connectivity index (χ4v) is 2.00. The minimum absolute atomic E-state index is 0.223. The van der Waals surface area contributed by atoms with Gasteiger partial charge in [-0.05, 0) is 37.3 Å². The largest absolute Gasteiger partial charge is 0.416 e. The summed E-state index contributed by atoms with van der Waals surface area (Å²) in [6.07, 6.45) is -1.80. The topological polar surface area (TPSA) is 33.2 Å². The lowest BCUT2D eigenvalue weighted by atomic mass is 10.1. The summed E-state index contributed by atoms with van der Waals surface area (Å²) in [7, 11) is 0. The van der Waals surface area contributed by atoms with E-state index >= 15 is 0 Å². The van der Waals surface area contributed by atoms with Crippen LogP contribution >= 0.6 is 0 Å². The van der Waals surface area contributed by atoms with Crippen molar-refractivity contribution in [2.24, 2.45) is 0 Å². The molecule has 0 aliphatic heterocycles. The number of hydrogen-bond acceptors (Lipinski definition) is 2. The van der Waals surface area contributed by atoms with E-state index in [1.54, 1.807) is 19.1 Å². The number of alkyl halides is 3. The zero-order valence-electron chi connectivity index (χ0n) is 11.6. The van der Waals surface area contributed by atoms with Crippen molar-refractivity contribution in [3.63, 3.8) is 0 Å². The smallest absolute Gasteiger partial charge is 0.309 e. The number of pyridine rings is 1. The van der Waals surface area contributed by atoms with Gasteiger partial charge in [-0.25, -0.2) is 4.39 Å². The van der Waals surface area contributed by atoms with E-state index in [2.05, 4.69) is 4.98 Å². The lowest BCUT2D eigenvalue weighted by Gasteiger charge is -2.21. The average Bonchev–Trinajstić information content (AvgIpc) is 2.47. The van der Waals surface area contributed by atoms with Gasteiger partial charge in [0.05, 0.1) is 5.56 Å². The molecule has 2 aromatic rings. The Labute approximate surface area is 124 Å². The molecule has 1 aromatic heterocycles. The summed E-state index contributed by atoms with van der Waals surface area (Å²) in [6.45, 7) is 1.89. The molecule has 0 fully saturated rings. The van der Waals surface area contributed by atoms with E-state index in [0.29, 0.717) is 17.8 Å². The summed E-state index contributed by atoms with van der Waals surface area (Å²) < 4.78 is 51.6. The third-order valence-electron chi connectivity index (χ3n) is 3.01. The summed E-state index contributed by atoms with van der Waals surface area (Å²) in [5.74, 6) is -1.82. The van der Waals surface area contributed by atoms with Crippen LogP contribution in [0.4, 0.5) is 23.2 Å². The molecular formula is C15H12F4N2O. The highest BCUT2D eigenvalue weighted by atomic mass is 19.4. The van der Waals surface area contributed by atoms with E-state index in [1.807, 2.05) is 0 Å². The van der Waals surface area contributed by atoms with Crippen LogP contribution < -0.4 is 4.90 Å². The Morgan fingerprint density at radius 1 is 1.18 bits per heavy atom. The maximum atomic E-state index is 13.4. The first-order chi connectivity index (χ1) is 10.3. The summed E-state index contributed by atoms with van der Waals surface area (Å²) in [6, 6.07) is 4.90. The molecule has 1 aromatic carbocycles. The molecule has 0 aliphatic rings. The van der Waals surface area contributed by atoms with Crippen LogP contribution in [0.3, 0.4) is 0 Å². The number of aromatic nitrogens is 1. The fourth-order valence-electron chi connectivity index (χ4n) is 2.00. The quantitative estimate of drug-likeness (QED) is 0.805. The monoisotopic (exact) mass is 312 g/mol. The summed E-state index contributed by atoms with van der Waals surface area (Å²) in [5, 5.41) is 0. The second kappa shape index (κ2) is 6.13. The number of amides is 1. The minimum Gasteiger partial charge on any atom is -0.309 e. The Bertz CT molecular complexity index is 671. The minimum atomic E-state index is -4.72. The first-order valence-corrected chi connectivity index (χ1v) is 6.42. The lowest BCUT2D eigenvalue weighted by molar-refractivity contribution is -0.137. The Morgan fingerprint density at radius 3 is 2.36 bits per heavy atom. The molecule has 22 heavy (non-hydrogen) atoms. The lowest BCUT2D eigenvalue weighted by Crippen LogP contribution is -2.31. The number of hydrogen-bond donors (Lipinski definition) is 0. The van der Waals surface area contributed by atoms with Crippen molar-refractivity contribution in [3.05, 3.63) is 59.7 Å². The van der Waals surface area contributed by atoms with Crippen molar-refractivity contribution >= 4 is 11.6 Å². The van der Waals surface area contributed by atoms with Gasteiger partial charge < -0.3 is 4.90 Å². The molecule has 0 aliphatic carbocycles. The van der Waals surface area contributed by atoms with Gasteiger partial charge in [-0.15, -0.1) is 0 Å². The molecule has 7 heteroatoms. The van der Waals surface area contributed by atoms with Gasteiger partial charge in [-0.1, -0.05) is 0 Å². The van der Waals surface area contributed by atoms with Crippen molar-refractivity contribution in [1.82, 2.24) is 4.98 Å². The van der Waals surface area contributed by atoms with Crippen LogP contribution in [-0.4, -0.2) is 17.4 Å². The summed E-state index contributed by atoms with van der Waals surface area (Å²) in [4.78, 5) is 17.4. The maximum Gasteiger partial charge on any atom is 0.416 e. The van der Waals surface area contributed by atoms with Crippen LogP contribution in [0.15, 0.2) is 42.7 Å². The number of halogens is 4. The molecule has 1 amide bonds. The van der Waals surface area contributed by atoms with Crippen molar-refractivity contribution < 1.29 is 22.4 Å². The molecule has 0 radical (unpaired) electrons. The predicted octanol–water partition coefficient (Wildman–Crippen LogP) is 3.91. The van der Waals surface area contributed by atoms with Gasteiger partial charge in [0.1, 0.15) is 5.82 Å². The Hall–Kier alpha value is -2.44. The Kier molecular flexibility index (Phi) is 4.44. The van der Waals surface area contributed by atoms with E-state index in [1.165, 1.54) is 17.3 Å². The SMILES string of the molecule is CCN(C(=O)c1cc(F)cc(C(F)(F)F)c1)c1ccncc1. The number of nitrogens with zero attached hydrogens (tertiary/aromatic N) is 2. The zero-order valence-corrected chi connectivity index (χ0v) is 11.6. The van der Waals surface area contributed by atoms with Crippen molar-refractivity contribution in [2.45, 2.75) is 13.1 Å². The van der Waals surface area contributed by atoms with E-state index in [0.717, 1.165) is 6.07 Å². The van der Waals surface area contributed by atoms with Gasteiger partial charge in [-0.2, -0.15) is 13.2 Å². The third kappa shape index (κ3) is 3.41. The van der Waals surface area contributed by atoms with Gasteiger partial charge in [0.25, 0.3) is 5.91 Å². The molecule has 0 atom stereocenters. The van der Waals surface area contributed by atoms with Crippen molar-refractivity contribution in [2.75, 3.05) is 11.4 Å². The Morgan fingerprint density at radius 2 is 1.82 bits per heavy atom. The number of anilines is 1. The molecule has 0 saturated carbocycles. The standard InChI is InChI=1S/C15H12F4N2O/c1-2-21(13-3-5-20-6-4-13)14(22)10-7-11(15(17,18)19)9-12(16)8-10/h3-9H,2H2,1H3. The Balaban J connectivity index is 2.42. The van der Waals surface area contributed by atoms with Crippen LogP contribution in [0.2, 0.25) is 0 Å². The molecule has 0 N–H and O–H groups in total. The van der Waals surface area contributed by atoms with Gasteiger partial charge >= 0.3 is 6.18 Å². The summed E-state index contributed by atoms with van der Waals surface area (Å²) >= 11 is 0. The van der Waals surface area contributed by atoms with Gasteiger partial charge in [-0.3, -0.25) is 9.78 Å². The van der Waals surface area contributed by atoms with Crippen LogP contribution in [0, 0.1) is 5.82 Å². The number of rotatable bonds is 3. The first kappa shape index (κ1) is 15.9. The second-order valence-corrected chi connectivity index (χ2v) is 4.48. The second-order valence-electron chi connectivity index (χ2n) is 4.48. The van der Waals surface area contributed by atoms with Gasteiger partial charge in [0.15, 0.2) is 0 Å². The first-order valence-electron chi connectivity index (χ1n) is 6.42. The molecule has 2 rings (SSSR count). The highest BCUT2D eigenvalue weighted by Gasteiger charge is 2.32. The number of benzene rings is 1. The van der Waals surface area contributed by atoms with Gasteiger partial charge in [0, 0.05) is 30.2 Å². The predicted molar refractivity (Wildman–Crippen MR) is 73.0 cm³/mol. The molecule has 116 valence electrons. The highest BCUT2D eigenvalue weighted by Crippen LogP contribution is 2.31. The van der Waals surface area contributed by atoms with E-state index in [9.17, 15) is 22.4 Å². The van der Waals surface area contributed by atoms with E-state index < -0.39 is 23.5 Å². The highest BCUT2D eigenvalue weighted by molar-refractivity contribution is 6.06. The van der Waals surface area contributed by atoms with Crippen LogP contribution in [-0.2, 0) is 6.18 Å². The maximum absolute atomic E-state index is 13.4. The molecule has 0 saturated heterocycles.